The van der Waals surface area contributed by atoms with Crippen LogP contribution < -0.4 is 4.74 Å². The van der Waals surface area contributed by atoms with E-state index in [1.165, 1.54) is 31.4 Å². The van der Waals surface area contributed by atoms with Crippen LogP contribution in [0.3, 0.4) is 0 Å². The van der Waals surface area contributed by atoms with Crippen molar-refractivity contribution in [3.8, 4) is 17.1 Å². The van der Waals surface area contributed by atoms with Crippen molar-refractivity contribution in [2.24, 2.45) is 0 Å². The molecule has 0 aliphatic rings. The molecule has 0 aliphatic carbocycles. The van der Waals surface area contributed by atoms with Crippen molar-refractivity contribution in [3.05, 3.63) is 62.5 Å². The van der Waals surface area contributed by atoms with E-state index in [0.717, 1.165) is 6.20 Å². The van der Waals surface area contributed by atoms with Crippen LogP contribution in [0.15, 0.2) is 40.9 Å². The molecule has 0 saturated carbocycles. The van der Waals surface area contributed by atoms with Crippen molar-refractivity contribution in [2.75, 3.05) is 7.11 Å². The van der Waals surface area contributed by atoms with E-state index in [9.17, 15) is 20.2 Å². The average molecular weight is 290 g/mol. The van der Waals surface area contributed by atoms with E-state index < -0.39 is 9.85 Å². The molecular weight excluding hydrogens is 280 g/mol. The molecule has 1 aromatic heterocycles. The van der Waals surface area contributed by atoms with E-state index in [0.29, 0.717) is 17.1 Å². The van der Waals surface area contributed by atoms with Crippen molar-refractivity contribution < 1.29 is 19.0 Å². The van der Waals surface area contributed by atoms with Crippen molar-refractivity contribution in [3.63, 3.8) is 0 Å². The topological polar surface area (TPSA) is 109 Å². The van der Waals surface area contributed by atoms with Gasteiger partial charge in [0.1, 0.15) is 17.3 Å². The van der Waals surface area contributed by atoms with Crippen LogP contribution >= 0.6 is 0 Å². The molecule has 108 valence electrons. The predicted molar refractivity (Wildman–Crippen MR) is 73.4 cm³/mol. The van der Waals surface area contributed by atoms with Crippen molar-refractivity contribution in [1.29, 1.82) is 0 Å². The van der Waals surface area contributed by atoms with E-state index >= 15 is 0 Å². The molecule has 0 radical (unpaired) electrons. The first-order chi connectivity index (χ1) is 10.0. The number of rotatable bonds is 5. The highest BCUT2D eigenvalue weighted by atomic mass is 16.6. The van der Waals surface area contributed by atoms with Gasteiger partial charge in [-0.2, -0.15) is 0 Å². The van der Waals surface area contributed by atoms with Gasteiger partial charge < -0.3 is 9.15 Å². The van der Waals surface area contributed by atoms with Gasteiger partial charge in [-0.3, -0.25) is 20.2 Å². The fourth-order valence-electron chi connectivity index (χ4n) is 1.72. The summed E-state index contributed by atoms with van der Waals surface area (Å²) in [7, 11) is 1.39. The Morgan fingerprint density at radius 2 is 1.95 bits per heavy atom. The number of hydrogen-bond donors (Lipinski definition) is 0. The number of nitro benzene ring substituents is 1. The Morgan fingerprint density at radius 1 is 1.19 bits per heavy atom. The zero-order chi connectivity index (χ0) is 15.4. The molecule has 21 heavy (non-hydrogen) atoms. The summed E-state index contributed by atoms with van der Waals surface area (Å²) in [5.41, 5.74) is 0.416. The summed E-state index contributed by atoms with van der Waals surface area (Å²) in [6, 6.07) is 7.26. The highest BCUT2D eigenvalue weighted by molar-refractivity contribution is 5.69. The van der Waals surface area contributed by atoms with Gasteiger partial charge in [0.05, 0.1) is 34.7 Å². The number of nitro groups is 2. The SMILES string of the molecule is COc1cc([N+](=O)[O-])ccc1-c1ccc(/C=C/[N+](=O)[O-])o1. The fourth-order valence-corrected chi connectivity index (χ4v) is 1.72. The number of methoxy groups -OCH3 is 1. The molecule has 0 saturated heterocycles. The smallest absolute Gasteiger partial charge is 0.273 e. The quantitative estimate of drug-likeness (QED) is 0.618. The minimum absolute atomic E-state index is 0.101. The first-order valence-electron chi connectivity index (χ1n) is 5.75. The van der Waals surface area contributed by atoms with Crippen LogP contribution in [0, 0.1) is 20.2 Å². The third-order valence-electron chi connectivity index (χ3n) is 2.65. The number of furan rings is 1. The molecule has 0 spiro atoms. The molecular formula is C13H10N2O6. The van der Waals surface area contributed by atoms with Gasteiger partial charge in [0.2, 0.25) is 6.20 Å². The zero-order valence-electron chi connectivity index (χ0n) is 10.9. The molecule has 0 unspecified atom stereocenters. The van der Waals surface area contributed by atoms with E-state index in [-0.39, 0.29) is 11.4 Å². The van der Waals surface area contributed by atoms with E-state index in [1.54, 1.807) is 12.1 Å². The van der Waals surface area contributed by atoms with Crippen LogP contribution in [0.1, 0.15) is 5.76 Å². The molecule has 0 atom stereocenters. The first-order valence-corrected chi connectivity index (χ1v) is 5.75. The number of hydrogen-bond acceptors (Lipinski definition) is 6. The summed E-state index contributed by atoms with van der Waals surface area (Å²) in [6.45, 7) is 0. The number of nitrogens with zero attached hydrogens (tertiary/aromatic N) is 2. The summed E-state index contributed by atoms with van der Waals surface area (Å²) in [5, 5.41) is 21.0. The molecule has 0 fully saturated rings. The van der Waals surface area contributed by atoms with Gasteiger partial charge in [0.15, 0.2) is 0 Å². The molecule has 8 nitrogen and oxygen atoms in total. The lowest BCUT2D eigenvalue weighted by atomic mass is 10.1. The lowest BCUT2D eigenvalue weighted by Crippen LogP contribution is -1.92. The molecule has 0 amide bonds. The van der Waals surface area contributed by atoms with Crippen LogP contribution in [0.2, 0.25) is 0 Å². The molecule has 0 aliphatic heterocycles. The first kappa shape index (κ1) is 14.3. The van der Waals surface area contributed by atoms with E-state index in [4.69, 9.17) is 9.15 Å². The minimum Gasteiger partial charge on any atom is -0.496 e. The number of ether oxygens (including phenoxy) is 1. The second kappa shape index (κ2) is 5.87. The molecule has 1 heterocycles. The molecule has 8 heteroatoms. The minimum atomic E-state index is -0.603. The number of benzene rings is 1. The largest absolute Gasteiger partial charge is 0.496 e. The van der Waals surface area contributed by atoms with Gasteiger partial charge in [0, 0.05) is 6.07 Å². The third-order valence-corrected chi connectivity index (χ3v) is 2.65. The predicted octanol–water partition coefficient (Wildman–Crippen LogP) is 3.11. The normalized spacial score (nSPS) is 10.7. The molecule has 2 aromatic rings. The second-order valence-electron chi connectivity index (χ2n) is 3.94. The van der Waals surface area contributed by atoms with Gasteiger partial charge in [-0.25, -0.2) is 0 Å². The third kappa shape index (κ3) is 3.24. The maximum Gasteiger partial charge on any atom is 0.273 e. The summed E-state index contributed by atoms with van der Waals surface area (Å²) < 4.78 is 10.5. The van der Waals surface area contributed by atoms with Crippen molar-refractivity contribution >= 4 is 11.8 Å². The van der Waals surface area contributed by atoms with Gasteiger partial charge in [-0.05, 0) is 18.2 Å². The Kier molecular flexibility index (Phi) is 3.98. The van der Waals surface area contributed by atoms with Crippen molar-refractivity contribution in [2.45, 2.75) is 0 Å². The lowest BCUT2D eigenvalue weighted by Gasteiger charge is -2.05. The Morgan fingerprint density at radius 3 is 2.57 bits per heavy atom. The Bertz CT molecular complexity index is 719. The Labute approximate surface area is 118 Å². The van der Waals surface area contributed by atoms with Gasteiger partial charge >= 0.3 is 0 Å². The van der Waals surface area contributed by atoms with Gasteiger partial charge in [0.25, 0.3) is 5.69 Å². The van der Waals surface area contributed by atoms with Crippen LogP contribution in [0.4, 0.5) is 5.69 Å². The fraction of sp³-hybridized carbons (Fsp3) is 0.0769. The second-order valence-corrected chi connectivity index (χ2v) is 3.94. The summed E-state index contributed by atoms with van der Waals surface area (Å²) in [6.07, 6.45) is 1.97. The van der Waals surface area contributed by atoms with Gasteiger partial charge in [-0.15, -0.1) is 0 Å². The standard InChI is InChI=1S/C13H10N2O6/c1-20-13-8-9(15(18)19)2-4-11(13)12-5-3-10(21-12)6-7-14(16)17/h2-8H,1H3/b7-6+. The average Bonchev–Trinajstić information content (AvgIpc) is 2.93. The molecule has 0 bridgehead atoms. The summed E-state index contributed by atoms with van der Waals surface area (Å²) in [5.74, 6) is 0.968. The van der Waals surface area contributed by atoms with Crippen LogP contribution in [-0.2, 0) is 0 Å². The molecule has 1 aromatic carbocycles. The van der Waals surface area contributed by atoms with Gasteiger partial charge in [-0.1, -0.05) is 0 Å². The van der Waals surface area contributed by atoms with E-state index in [1.807, 2.05) is 0 Å². The summed E-state index contributed by atoms with van der Waals surface area (Å²) in [4.78, 5) is 19.8. The monoisotopic (exact) mass is 290 g/mol. The van der Waals surface area contributed by atoms with Crippen molar-refractivity contribution in [1.82, 2.24) is 0 Å². The molecule has 0 N–H and O–H groups in total. The Hall–Kier alpha value is -3.16. The lowest BCUT2D eigenvalue weighted by molar-refractivity contribution is -0.401. The van der Waals surface area contributed by atoms with Crippen LogP contribution in [0.25, 0.3) is 17.4 Å². The highest BCUT2D eigenvalue weighted by Crippen LogP contribution is 2.34. The summed E-state index contributed by atoms with van der Waals surface area (Å²) >= 11 is 0. The maximum atomic E-state index is 10.7. The maximum absolute atomic E-state index is 10.7. The molecule has 2 rings (SSSR count). The highest BCUT2D eigenvalue weighted by Gasteiger charge is 2.15. The number of non-ortho nitro benzene ring substituents is 1. The zero-order valence-corrected chi connectivity index (χ0v) is 10.9. The van der Waals surface area contributed by atoms with E-state index in [2.05, 4.69) is 0 Å². The van der Waals surface area contributed by atoms with Crippen LogP contribution in [0.5, 0.6) is 5.75 Å². The van der Waals surface area contributed by atoms with Crippen LogP contribution in [-0.4, -0.2) is 17.0 Å². The Balaban J connectivity index is 2.38.